The van der Waals surface area contributed by atoms with Crippen LogP contribution < -0.4 is 10.8 Å². The van der Waals surface area contributed by atoms with Crippen molar-refractivity contribution >= 4 is 12.8 Å². The Hall–Kier alpha value is -1.48. The summed E-state index contributed by atoms with van der Waals surface area (Å²) in [6.07, 6.45) is 1.65. The van der Waals surface area contributed by atoms with Gasteiger partial charge in [0.15, 0.2) is 0 Å². The first-order chi connectivity index (χ1) is 10.1. The summed E-state index contributed by atoms with van der Waals surface area (Å²) in [6.45, 7) is 1.67. The lowest BCUT2D eigenvalue weighted by molar-refractivity contribution is 0.488. The number of aryl methyl sites for hydroxylation is 1. The average molecular weight is 302 g/mol. The van der Waals surface area contributed by atoms with E-state index in [1.54, 1.807) is 6.07 Å². The van der Waals surface area contributed by atoms with E-state index in [0.29, 0.717) is 11.9 Å². The first-order valence-corrected chi connectivity index (χ1v) is 9.05. The van der Waals surface area contributed by atoms with Crippen LogP contribution in [0.2, 0.25) is 0 Å². The summed E-state index contributed by atoms with van der Waals surface area (Å²) in [4.78, 5) is 14.8. The highest BCUT2D eigenvalue weighted by atomic mass is 31.2. The molecule has 0 spiro atoms. The van der Waals surface area contributed by atoms with Crippen LogP contribution in [-0.4, -0.2) is 22.6 Å². The van der Waals surface area contributed by atoms with Gasteiger partial charge in [-0.25, -0.2) is 4.98 Å². The van der Waals surface area contributed by atoms with Crippen LogP contribution in [-0.2, 0) is 24.0 Å². The molecule has 0 amide bonds. The SMILES string of the molecule is O=P(O)(CCc1ccccc1)c1ccc2c(n1)CCNC2. The molecule has 110 valence electrons. The second-order valence-corrected chi connectivity index (χ2v) is 7.67. The normalized spacial score (nSPS) is 17.0. The van der Waals surface area contributed by atoms with Crippen molar-refractivity contribution in [1.82, 2.24) is 10.3 Å². The van der Waals surface area contributed by atoms with Crippen molar-refractivity contribution in [2.24, 2.45) is 0 Å². The van der Waals surface area contributed by atoms with Crippen LogP contribution in [0.3, 0.4) is 0 Å². The number of rotatable bonds is 4. The van der Waals surface area contributed by atoms with Gasteiger partial charge in [0.1, 0.15) is 5.44 Å². The first-order valence-electron chi connectivity index (χ1n) is 7.21. The molecule has 21 heavy (non-hydrogen) atoms. The third-order valence-corrected chi connectivity index (χ3v) is 5.61. The van der Waals surface area contributed by atoms with Gasteiger partial charge in [0, 0.05) is 31.4 Å². The Balaban J connectivity index is 1.76. The largest absolute Gasteiger partial charge is 0.340 e. The molecule has 5 heteroatoms. The highest BCUT2D eigenvalue weighted by Gasteiger charge is 2.24. The molecule has 1 aromatic heterocycles. The Morgan fingerprint density at radius 3 is 2.81 bits per heavy atom. The molecule has 1 atom stereocenters. The summed E-state index contributed by atoms with van der Waals surface area (Å²) in [5.41, 5.74) is 3.52. The molecule has 0 aliphatic carbocycles. The number of aromatic nitrogens is 1. The summed E-state index contributed by atoms with van der Waals surface area (Å²) in [7, 11) is -3.39. The summed E-state index contributed by atoms with van der Waals surface area (Å²) in [5.74, 6) is 0. The highest BCUT2D eigenvalue weighted by Crippen LogP contribution is 2.39. The van der Waals surface area contributed by atoms with Crippen LogP contribution in [0.25, 0.3) is 0 Å². The van der Waals surface area contributed by atoms with Crippen molar-refractivity contribution in [3.05, 3.63) is 59.3 Å². The lowest BCUT2D eigenvalue weighted by atomic mass is 10.1. The molecular formula is C16H19N2O2P. The molecule has 0 saturated carbocycles. The predicted octanol–water partition coefficient (Wildman–Crippen LogP) is 1.87. The van der Waals surface area contributed by atoms with Gasteiger partial charge in [0.05, 0.1) is 0 Å². The van der Waals surface area contributed by atoms with E-state index in [-0.39, 0.29) is 6.16 Å². The molecule has 0 radical (unpaired) electrons. The molecule has 0 bridgehead atoms. The molecular weight excluding hydrogens is 283 g/mol. The monoisotopic (exact) mass is 302 g/mol. The Labute approximate surface area is 124 Å². The van der Waals surface area contributed by atoms with Gasteiger partial charge in [0.2, 0.25) is 7.37 Å². The number of fused-ring (bicyclic) bond motifs is 1. The topological polar surface area (TPSA) is 62.2 Å². The number of benzene rings is 1. The zero-order chi connectivity index (χ0) is 14.7. The summed E-state index contributed by atoms with van der Waals surface area (Å²) in [6, 6.07) is 13.4. The van der Waals surface area contributed by atoms with Gasteiger partial charge >= 0.3 is 0 Å². The lowest BCUT2D eigenvalue weighted by Gasteiger charge is -2.18. The number of nitrogens with one attached hydrogen (secondary N) is 1. The maximum Gasteiger partial charge on any atom is 0.247 e. The van der Waals surface area contributed by atoms with Gasteiger partial charge in [-0.1, -0.05) is 36.4 Å². The standard InChI is InChI=1S/C16H19N2O2P/c19-21(20,11-9-13-4-2-1-3-5-13)16-7-6-14-12-17-10-8-15(14)18-16/h1-7,17H,8-12H2,(H,19,20). The van der Waals surface area contributed by atoms with E-state index >= 15 is 0 Å². The molecule has 1 aliphatic rings. The third kappa shape index (κ3) is 3.41. The fourth-order valence-electron chi connectivity index (χ4n) is 2.56. The van der Waals surface area contributed by atoms with Gasteiger partial charge in [-0.15, -0.1) is 0 Å². The number of hydrogen-bond acceptors (Lipinski definition) is 3. The highest BCUT2D eigenvalue weighted by molar-refractivity contribution is 7.65. The van der Waals surface area contributed by atoms with Crippen molar-refractivity contribution in [3.8, 4) is 0 Å². The fourth-order valence-corrected chi connectivity index (χ4v) is 3.94. The number of hydrogen-bond donors (Lipinski definition) is 2. The Morgan fingerprint density at radius 1 is 1.19 bits per heavy atom. The van der Waals surface area contributed by atoms with Crippen molar-refractivity contribution in [3.63, 3.8) is 0 Å². The van der Waals surface area contributed by atoms with Gasteiger partial charge in [-0.05, 0) is 23.6 Å². The summed E-state index contributed by atoms with van der Waals surface area (Å²) in [5, 5.41) is 3.27. The van der Waals surface area contributed by atoms with E-state index in [4.69, 9.17) is 0 Å². The van der Waals surface area contributed by atoms with Crippen LogP contribution in [0.4, 0.5) is 0 Å². The van der Waals surface area contributed by atoms with Crippen molar-refractivity contribution in [2.75, 3.05) is 12.7 Å². The second-order valence-electron chi connectivity index (χ2n) is 5.36. The van der Waals surface area contributed by atoms with Crippen molar-refractivity contribution in [1.29, 1.82) is 0 Å². The molecule has 2 N–H and O–H groups in total. The van der Waals surface area contributed by atoms with E-state index in [2.05, 4.69) is 10.3 Å². The average Bonchev–Trinajstić information content (AvgIpc) is 2.53. The quantitative estimate of drug-likeness (QED) is 0.846. The van der Waals surface area contributed by atoms with Crippen LogP contribution in [0.5, 0.6) is 0 Å². The van der Waals surface area contributed by atoms with Crippen LogP contribution in [0, 0.1) is 0 Å². The van der Waals surface area contributed by atoms with Crippen LogP contribution in [0.1, 0.15) is 16.8 Å². The van der Waals surface area contributed by atoms with E-state index in [1.807, 2.05) is 36.4 Å². The predicted molar refractivity (Wildman–Crippen MR) is 84.1 cm³/mol. The molecule has 2 heterocycles. The van der Waals surface area contributed by atoms with Crippen LogP contribution >= 0.6 is 7.37 Å². The first kappa shape index (κ1) is 14.5. The Morgan fingerprint density at radius 2 is 2.00 bits per heavy atom. The third-order valence-electron chi connectivity index (χ3n) is 3.81. The Kier molecular flexibility index (Phi) is 4.20. The minimum absolute atomic E-state index is 0.237. The molecule has 0 saturated heterocycles. The molecule has 1 aliphatic heterocycles. The molecule has 1 aromatic carbocycles. The zero-order valence-electron chi connectivity index (χ0n) is 11.8. The minimum Gasteiger partial charge on any atom is -0.340 e. The second kappa shape index (κ2) is 6.10. The van der Waals surface area contributed by atoms with Gasteiger partial charge in [-0.3, -0.25) is 4.57 Å². The van der Waals surface area contributed by atoms with Gasteiger partial charge < -0.3 is 10.2 Å². The smallest absolute Gasteiger partial charge is 0.247 e. The number of nitrogens with zero attached hydrogens (tertiary/aromatic N) is 1. The summed E-state index contributed by atoms with van der Waals surface area (Å²) < 4.78 is 12.6. The molecule has 0 fully saturated rings. The van der Waals surface area contributed by atoms with E-state index in [0.717, 1.165) is 36.3 Å². The zero-order valence-corrected chi connectivity index (χ0v) is 12.7. The number of pyridine rings is 1. The van der Waals surface area contributed by atoms with Crippen molar-refractivity contribution in [2.45, 2.75) is 19.4 Å². The minimum atomic E-state index is -3.39. The van der Waals surface area contributed by atoms with Gasteiger partial charge in [0.25, 0.3) is 0 Å². The Bertz CT molecular complexity index is 673. The van der Waals surface area contributed by atoms with E-state index in [1.165, 1.54) is 0 Å². The summed E-state index contributed by atoms with van der Waals surface area (Å²) >= 11 is 0. The van der Waals surface area contributed by atoms with E-state index in [9.17, 15) is 9.46 Å². The fraction of sp³-hybridized carbons (Fsp3) is 0.312. The maximum absolute atomic E-state index is 12.6. The van der Waals surface area contributed by atoms with Crippen molar-refractivity contribution < 1.29 is 9.46 Å². The van der Waals surface area contributed by atoms with E-state index < -0.39 is 7.37 Å². The molecule has 3 rings (SSSR count). The maximum atomic E-state index is 12.6. The van der Waals surface area contributed by atoms with Gasteiger partial charge in [-0.2, -0.15) is 0 Å². The lowest BCUT2D eigenvalue weighted by Crippen LogP contribution is -2.27. The molecule has 2 aromatic rings. The molecule has 1 unspecified atom stereocenters. The van der Waals surface area contributed by atoms with Crippen LogP contribution in [0.15, 0.2) is 42.5 Å². The molecule has 4 nitrogen and oxygen atoms in total.